The standard InChI is InChI=1S/C18H24ClN3O3/c1-12-2-3-13(10-16(12)19)21-18(24)15-11-14(15)17(23)20-4-5-22-6-8-25-9-7-22/h2-3,10,14-15H,4-9,11H2,1H3,(H,20,23)(H,21,24). The van der Waals surface area contributed by atoms with Crippen molar-refractivity contribution in [2.45, 2.75) is 13.3 Å². The van der Waals surface area contributed by atoms with Crippen LogP contribution in [0.2, 0.25) is 5.02 Å². The normalized spacial score (nSPS) is 23.1. The number of carbonyl (C=O) groups is 2. The van der Waals surface area contributed by atoms with Crippen molar-refractivity contribution in [1.82, 2.24) is 10.2 Å². The molecule has 1 aliphatic carbocycles. The third-order valence-corrected chi connectivity index (χ3v) is 5.14. The Bertz CT molecular complexity index is 646. The Labute approximate surface area is 152 Å². The molecule has 1 aliphatic heterocycles. The van der Waals surface area contributed by atoms with Gasteiger partial charge in [-0.1, -0.05) is 17.7 Å². The van der Waals surface area contributed by atoms with Crippen LogP contribution in [0.3, 0.4) is 0 Å². The summed E-state index contributed by atoms with van der Waals surface area (Å²) in [7, 11) is 0. The summed E-state index contributed by atoms with van der Waals surface area (Å²) in [5.41, 5.74) is 1.63. The van der Waals surface area contributed by atoms with Gasteiger partial charge in [0.1, 0.15) is 0 Å². The number of hydrogen-bond acceptors (Lipinski definition) is 4. The van der Waals surface area contributed by atoms with Gasteiger partial charge < -0.3 is 15.4 Å². The Morgan fingerprint density at radius 3 is 2.68 bits per heavy atom. The van der Waals surface area contributed by atoms with Crippen LogP contribution >= 0.6 is 11.6 Å². The van der Waals surface area contributed by atoms with Crippen LogP contribution < -0.4 is 10.6 Å². The minimum absolute atomic E-state index is 0.0321. The number of carbonyl (C=O) groups excluding carboxylic acids is 2. The van der Waals surface area contributed by atoms with E-state index in [1.54, 1.807) is 6.07 Å². The van der Waals surface area contributed by atoms with Gasteiger partial charge in [0.15, 0.2) is 0 Å². The van der Waals surface area contributed by atoms with E-state index in [4.69, 9.17) is 16.3 Å². The van der Waals surface area contributed by atoms with Gasteiger partial charge in [0.2, 0.25) is 11.8 Å². The minimum atomic E-state index is -0.247. The second-order valence-corrected chi connectivity index (χ2v) is 7.05. The smallest absolute Gasteiger partial charge is 0.228 e. The summed E-state index contributed by atoms with van der Waals surface area (Å²) in [4.78, 5) is 26.7. The number of ether oxygens (including phenoxy) is 1. The fraction of sp³-hybridized carbons (Fsp3) is 0.556. The molecule has 1 heterocycles. The maximum atomic E-state index is 12.3. The topological polar surface area (TPSA) is 70.7 Å². The van der Waals surface area contributed by atoms with E-state index in [1.807, 2.05) is 19.1 Å². The summed E-state index contributed by atoms with van der Waals surface area (Å²) >= 11 is 6.07. The van der Waals surface area contributed by atoms with Gasteiger partial charge in [-0.05, 0) is 31.0 Å². The molecule has 1 saturated carbocycles. The van der Waals surface area contributed by atoms with Crippen molar-refractivity contribution < 1.29 is 14.3 Å². The lowest BCUT2D eigenvalue weighted by atomic mass is 10.2. The second kappa shape index (κ2) is 8.17. The number of aryl methyl sites for hydroxylation is 1. The molecular weight excluding hydrogens is 342 g/mol. The molecule has 25 heavy (non-hydrogen) atoms. The van der Waals surface area contributed by atoms with Crippen LogP contribution in [0.1, 0.15) is 12.0 Å². The molecule has 0 radical (unpaired) electrons. The average molecular weight is 366 g/mol. The molecule has 1 aromatic carbocycles. The summed E-state index contributed by atoms with van der Waals surface area (Å²) in [5, 5.41) is 6.39. The molecule has 2 atom stereocenters. The fourth-order valence-electron chi connectivity index (χ4n) is 2.97. The highest BCUT2D eigenvalue weighted by atomic mass is 35.5. The molecule has 1 aromatic rings. The first-order valence-electron chi connectivity index (χ1n) is 8.69. The van der Waals surface area contributed by atoms with Crippen LogP contribution in [0.5, 0.6) is 0 Å². The molecule has 2 amide bonds. The van der Waals surface area contributed by atoms with E-state index in [0.29, 0.717) is 23.7 Å². The lowest BCUT2D eigenvalue weighted by Gasteiger charge is -2.26. The Hall–Kier alpha value is -1.63. The zero-order valence-electron chi connectivity index (χ0n) is 14.4. The molecule has 0 bridgehead atoms. The molecule has 2 unspecified atom stereocenters. The van der Waals surface area contributed by atoms with Gasteiger partial charge >= 0.3 is 0 Å². The number of hydrogen-bond donors (Lipinski definition) is 2. The first-order chi connectivity index (χ1) is 12.0. The van der Waals surface area contributed by atoms with Crippen molar-refractivity contribution in [2.75, 3.05) is 44.7 Å². The zero-order chi connectivity index (χ0) is 17.8. The largest absolute Gasteiger partial charge is 0.379 e. The quantitative estimate of drug-likeness (QED) is 0.804. The first kappa shape index (κ1) is 18.2. The SMILES string of the molecule is Cc1ccc(NC(=O)C2CC2C(=O)NCCN2CCOCC2)cc1Cl. The lowest BCUT2D eigenvalue weighted by Crippen LogP contribution is -2.41. The van der Waals surface area contributed by atoms with Crippen LogP contribution in [0, 0.1) is 18.8 Å². The third-order valence-electron chi connectivity index (χ3n) is 4.73. The van der Waals surface area contributed by atoms with E-state index in [1.165, 1.54) is 0 Å². The van der Waals surface area contributed by atoms with Crippen molar-refractivity contribution in [2.24, 2.45) is 11.8 Å². The van der Waals surface area contributed by atoms with Gasteiger partial charge in [-0.25, -0.2) is 0 Å². The Kier molecular flexibility index (Phi) is 5.93. The molecule has 7 heteroatoms. The third kappa shape index (κ3) is 4.93. The van der Waals surface area contributed by atoms with Gasteiger partial charge in [-0.15, -0.1) is 0 Å². The van der Waals surface area contributed by atoms with Crippen LogP contribution in [-0.4, -0.2) is 56.1 Å². The average Bonchev–Trinajstić information content (AvgIpc) is 3.40. The first-order valence-corrected chi connectivity index (χ1v) is 9.07. The molecule has 1 saturated heterocycles. The van der Waals surface area contributed by atoms with Gasteiger partial charge in [0, 0.05) is 36.9 Å². The summed E-state index contributed by atoms with van der Waals surface area (Å²) in [6.07, 6.45) is 0.606. The lowest BCUT2D eigenvalue weighted by molar-refractivity contribution is -0.125. The highest BCUT2D eigenvalue weighted by Crippen LogP contribution is 2.39. The molecular formula is C18H24ClN3O3. The van der Waals surface area contributed by atoms with Crippen LogP contribution in [0.15, 0.2) is 18.2 Å². The minimum Gasteiger partial charge on any atom is -0.379 e. The number of halogens is 1. The van der Waals surface area contributed by atoms with Gasteiger partial charge in [0.25, 0.3) is 0 Å². The number of anilines is 1. The number of nitrogens with zero attached hydrogens (tertiary/aromatic N) is 1. The van der Waals surface area contributed by atoms with E-state index >= 15 is 0 Å². The number of morpholine rings is 1. The predicted octanol–water partition coefficient (Wildman–Crippen LogP) is 1.67. The van der Waals surface area contributed by atoms with Crippen LogP contribution in [0.4, 0.5) is 5.69 Å². The van der Waals surface area contributed by atoms with Crippen molar-refractivity contribution >= 4 is 29.1 Å². The Morgan fingerprint density at radius 2 is 1.96 bits per heavy atom. The van der Waals surface area contributed by atoms with Crippen molar-refractivity contribution in [1.29, 1.82) is 0 Å². The van der Waals surface area contributed by atoms with E-state index in [0.717, 1.165) is 38.4 Å². The number of rotatable bonds is 6. The maximum Gasteiger partial charge on any atom is 0.228 e. The van der Waals surface area contributed by atoms with Crippen molar-refractivity contribution in [3.05, 3.63) is 28.8 Å². The molecule has 2 aliphatic rings. The van der Waals surface area contributed by atoms with Gasteiger partial charge in [0.05, 0.1) is 25.0 Å². The fourth-order valence-corrected chi connectivity index (χ4v) is 3.15. The molecule has 0 aromatic heterocycles. The molecule has 2 fully saturated rings. The Morgan fingerprint density at radius 1 is 1.24 bits per heavy atom. The molecule has 0 spiro atoms. The highest BCUT2D eigenvalue weighted by molar-refractivity contribution is 6.31. The Balaban J connectivity index is 1.39. The monoisotopic (exact) mass is 365 g/mol. The van der Waals surface area contributed by atoms with E-state index in [-0.39, 0.29) is 23.7 Å². The van der Waals surface area contributed by atoms with E-state index < -0.39 is 0 Å². The van der Waals surface area contributed by atoms with E-state index in [2.05, 4.69) is 15.5 Å². The molecule has 6 nitrogen and oxygen atoms in total. The second-order valence-electron chi connectivity index (χ2n) is 6.65. The molecule has 136 valence electrons. The van der Waals surface area contributed by atoms with Crippen molar-refractivity contribution in [3.63, 3.8) is 0 Å². The highest BCUT2D eigenvalue weighted by Gasteiger charge is 2.47. The summed E-state index contributed by atoms with van der Waals surface area (Å²) < 4.78 is 5.30. The number of benzene rings is 1. The van der Waals surface area contributed by atoms with Crippen LogP contribution in [0.25, 0.3) is 0 Å². The van der Waals surface area contributed by atoms with Gasteiger partial charge in [-0.2, -0.15) is 0 Å². The van der Waals surface area contributed by atoms with Crippen molar-refractivity contribution in [3.8, 4) is 0 Å². The summed E-state index contributed by atoms with van der Waals surface area (Å²) in [6.45, 7) is 6.65. The molecule has 3 rings (SSSR count). The predicted molar refractivity (Wildman–Crippen MR) is 96.7 cm³/mol. The van der Waals surface area contributed by atoms with E-state index in [9.17, 15) is 9.59 Å². The zero-order valence-corrected chi connectivity index (χ0v) is 15.1. The van der Waals surface area contributed by atoms with Crippen LogP contribution in [-0.2, 0) is 14.3 Å². The summed E-state index contributed by atoms with van der Waals surface area (Å²) in [6, 6.07) is 5.41. The maximum absolute atomic E-state index is 12.3. The summed E-state index contributed by atoms with van der Waals surface area (Å²) in [5.74, 6) is -0.613. The number of nitrogens with one attached hydrogen (secondary N) is 2. The molecule has 2 N–H and O–H groups in total. The van der Waals surface area contributed by atoms with Gasteiger partial charge in [-0.3, -0.25) is 14.5 Å². The number of amides is 2.